The molecule has 138 valence electrons. The summed E-state index contributed by atoms with van der Waals surface area (Å²) in [5.74, 6) is 1.48. The lowest BCUT2D eigenvalue weighted by atomic mass is 10.00. The van der Waals surface area contributed by atoms with Crippen LogP contribution >= 0.6 is 0 Å². The third-order valence-corrected chi connectivity index (χ3v) is 4.70. The summed E-state index contributed by atoms with van der Waals surface area (Å²) >= 11 is 0. The van der Waals surface area contributed by atoms with Crippen LogP contribution in [0, 0.1) is 0 Å². The Labute approximate surface area is 158 Å². The Bertz CT molecular complexity index is 965. The van der Waals surface area contributed by atoms with Crippen LogP contribution in [0.25, 0.3) is 10.8 Å². The van der Waals surface area contributed by atoms with Gasteiger partial charge in [-0.25, -0.2) is 4.79 Å². The molecule has 27 heavy (non-hydrogen) atoms. The lowest BCUT2D eigenvalue weighted by Gasteiger charge is -2.19. The quantitative estimate of drug-likeness (QED) is 0.732. The maximum atomic E-state index is 12.3. The zero-order chi connectivity index (χ0) is 18.6. The van der Waals surface area contributed by atoms with Crippen LogP contribution in [0.5, 0.6) is 11.5 Å². The number of carbonyl (C=O) groups is 1. The molecule has 0 aliphatic carbocycles. The van der Waals surface area contributed by atoms with Crippen molar-refractivity contribution in [1.82, 2.24) is 10.6 Å². The Morgan fingerprint density at radius 3 is 2.67 bits per heavy atom. The first-order valence-electron chi connectivity index (χ1n) is 9.11. The first kappa shape index (κ1) is 17.2. The fraction of sp³-hybridized carbons (Fsp3) is 0.227. The maximum Gasteiger partial charge on any atom is 0.315 e. The zero-order valence-electron chi connectivity index (χ0n) is 15.2. The number of hydrogen-bond donors (Lipinski definition) is 2. The number of amides is 2. The van der Waals surface area contributed by atoms with Crippen LogP contribution < -0.4 is 20.1 Å². The number of urea groups is 1. The van der Waals surface area contributed by atoms with E-state index in [0.29, 0.717) is 19.8 Å². The van der Waals surface area contributed by atoms with Gasteiger partial charge in [0.1, 0.15) is 13.2 Å². The van der Waals surface area contributed by atoms with Crippen LogP contribution in [0.3, 0.4) is 0 Å². The van der Waals surface area contributed by atoms with Gasteiger partial charge in [-0.05, 0) is 41.0 Å². The van der Waals surface area contributed by atoms with Crippen molar-refractivity contribution in [1.29, 1.82) is 0 Å². The first-order chi connectivity index (χ1) is 13.2. The average molecular weight is 362 g/mol. The van der Waals surface area contributed by atoms with Crippen LogP contribution in [-0.4, -0.2) is 19.2 Å². The van der Waals surface area contributed by atoms with Crippen molar-refractivity contribution in [2.45, 2.75) is 19.5 Å². The molecule has 0 spiro atoms. The summed E-state index contributed by atoms with van der Waals surface area (Å²) in [6.07, 6.45) is 0. The minimum Gasteiger partial charge on any atom is -0.486 e. The topological polar surface area (TPSA) is 59.6 Å². The summed E-state index contributed by atoms with van der Waals surface area (Å²) < 4.78 is 11.1. The summed E-state index contributed by atoms with van der Waals surface area (Å²) in [4.78, 5) is 12.3. The molecule has 2 N–H and O–H groups in total. The smallest absolute Gasteiger partial charge is 0.315 e. The van der Waals surface area contributed by atoms with Crippen LogP contribution in [0.1, 0.15) is 24.1 Å². The van der Waals surface area contributed by atoms with Gasteiger partial charge < -0.3 is 20.1 Å². The standard InChI is InChI=1S/C22H22N2O3/c1-15(18-8-4-6-17-5-2-3-7-19(17)18)24-22(25)23-14-16-9-10-20-21(13-16)27-12-11-26-20/h2-10,13,15H,11-12,14H2,1H3,(H2,23,24,25). The van der Waals surface area contributed by atoms with E-state index in [2.05, 4.69) is 28.8 Å². The minimum absolute atomic E-state index is 0.101. The summed E-state index contributed by atoms with van der Waals surface area (Å²) in [7, 11) is 0. The molecule has 0 saturated heterocycles. The monoisotopic (exact) mass is 362 g/mol. The predicted octanol–water partition coefficient (Wildman–Crippen LogP) is 4.17. The van der Waals surface area contributed by atoms with Crippen molar-refractivity contribution < 1.29 is 14.3 Å². The molecule has 2 amide bonds. The van der Waals surface area contributed by atoms with Gasteiger partial charge in [0.2, 0.25) is 0 Å². The number of benzene rings is 3. The van der Waals surface area contributed by atoms with E-state index in [1.165, 1.54) is 5.39 Å². The Morgan fingerprint density at radius 1 is 1.00 bits per heavy atom. The van der Waals surface area contributed by atoms with E-state index in [0.717, 1.165) is 28.0 Å². The molecule has 1 atom stereocenters. The fourth-order valence-electron chi connectivity index (χ4n) is 3.33. The zero-order valence-corrected chi connectivity index (χ0v) is 15.2. The van der Waals surface area contributed by atoms with Gasteiger partial charge >= 0.3 is 6.03 Å². The van der Waals surface area contributed by atoms with Crippen LogP contribution in [0.15, 0.2) is 60.7 Å². The SMILES string of the molecule is CC(NC(=O)NCc1ccc2c(c1)OCCO2)c1cccc2ccccc12. The molecule has 0 saturated carbocycles. The average Bonchev–Trinajstić information content (AvgIpc) is 2.71. The maximum absolute atomic E-state index is 12.3. The van der Waals surface area contributed by atoms with Crippen molar-refractivity contribution >= 4 is 16.8 Å². The number of nitrogens with one attached hydrogen (secondary N) is 2. The molecule has 0 radical (unpaired) electrons. The largest absolute Gasteiger partial charge is 0.486 e. The summed E-state index contributed by atoms with van der Waals surface area (Å²) in [6, 6.07) is 19.7. The molecule has 1 unspecified atom stereocenters. The van der Waals surface area contributed by atoms with Gasteiger partial charge in [-0.3, -0.25) is 0 Å². The number of carbonyl (C=O) groups excluding carboxylic acids is 1. The summed E-state index contributed by atoms with van der Waals surface area (Å²) in [5.41, 5.74) is 2.06. The highest BCUT2D eigenvalue weighted by molar-refractivity contribution is 5.86. The second kappa shape index (κ2) is 7.58. The van der Waals surface area contributed by atoms with E-state index in [1.54, 1.807) is 0 Å². The molecule has 5 nitrogen and oxygen atoms in total. The molecule has 1 aliphatic heterocycles. The van der Waals surface area contributed by atoms with Gasteiger partial charge in [0, 0.05) is 6.54 Å². The molecule has 1 heterocycles. The summed E-state index contributed by atoms with van der Waals surface area (Å²) in [6.45, 7) is 3.53. The van der Waals surface area contributed by atoms with Crippen molar-refractivity contribution in [3.63, 3.8) is 0 Å². The molecular weight excluding hydrogens is 340 g/mol. The summed E-state index contributed by atoms with van der Waals surface area (Å²) in [5, 5.41) is 8.24. The second-order valence-electron chi connectivity index (χ2n) is 6.60. The number of ether oxygens (including phenoxy) is 2. The minimum atomic E-state index is -0.203. The molecule has 5 heteroatoms. The predicted molar refractivity (Wildman–Crippen MR) is 105 cm³/mol. The van der Waals surface area contributed by atoms with E-state index in [4.69, 9.17) is 9.47 Å². The van der Waals surface area contributed by atoms with Crippen molar-refractivity contribution in [3.8, 4) is 11.5 Å². The first-order valence-corrected chi connectivity index (χ1v) is 9.11. The van der Waals surface area contributed by atoms with Gasteiger partial charge in [-0.2, -0.15) is 0 Å². The van der Waals surface area contributed by atoms with E-state index in [-0.39, 0.29) is 12.1 Å². The van der Waals surface area contributed by atoms with Gasteiger partial charge in [0.05, 0.1) is 6.04 Å². The Kier molecular flexibility index (Phi) is 4.83. The lowest BCUT2D eigenvalue weighted by molar-refractivity contribution is 0.171. The normalized spacial score (nSPS) is 13.8. The number of fused-ring (bicyclic) bond motifs is 2. The molecule has 3 aromatic carbocycles. The molecule has 3 aromatic rings. The van der Waals surface area contributed by atoms with Gasteiger partial charge in [0.15, 0.2) is 11.5 Å². The molecular formula is C22H22N2O3. The highest BCUT2D eigenvalue weighted by Crippen LogP contribution is 2.30. The van der Waals surface area contributed by atoms with E-state index in [9.17, 15) is 4.79 Å². The fourth-order valence-corrected chi connectivity index (χ4v) is 3.33. The van der Waals surface area contributed by atoms with Gasteiger partial charge in [0.25, 0.3) is 0 Å². The second-order valence-corrected chi connectivity index (χ2v) is 6.60. The molecule has 0 fully saturated rings. The van der Waals surface area contributed by atoms with Crippen molar-refractivity contribution in [2.24, 2.45) is 0 Å². The Morgan fingerprint density at radius 2 is 1.78 bits per heavy atom. The third kappa shape index (κ3) is 3.82. The van der Waals surface area contributed by atoms with Crippen LogP contribution in [0.2, 0.25) is 0 Å². The van der Waals surface area contributed by atoms with Crippen molar-refractivity contribution in [2.75, 3.05) is 13.2 Å². The van der Waals surface area contributed by atoms with Gasteiger partial charge in [-0.15, -0.1) is 0 Å². The van der Waals surface area contributed by atoms with Crippen LogP contribution in [-0.2, 0) is 6.54 Å². The lowest BCUT2D eigenvalue weighted by Crippen LogP contribution is -2.36. The molecule has 0 aromatic heterocycles. The molecule has 0 bridgehead atoms. The van der Waals surface area contributed by atoms with E-state index in [1.807, 2.05) is 49.4 Å². The molecule has 1 aliphatic rings. The van der Waals surface area contributed by atoms with E-state index < -0.39 is 0 Å². The third-order valence-electron chi connectivity index (χ3n) is 4.70. The van der Waals surface area contributed by atoms with Gasteiger partial charge in [-0.1, -0.05) is 48.5 Å². The highest BCUT2D eigenvalue weighted by Gasteiger charge is 2.14. The van der Waals surface area contributed by atoms with E-state index >= 15 is 0 Å². The number of hydrogen-bond acceptors (Lipinski definition) is 3. The van der Waals surface area contributed by atoms with Crippen LogP contribution in [0.4, 0.5) is 4.79 Å². The highest BCUT2D eigenvalue weighted by atomic mass is 16.6. The van der Waals surface area contributed by atoms with Crippen molar-refractivity contribution in [3.05, 3.63) is 71.8 Å². The Hall–Kier alpha value is -3.21. The Balaban J connectivity index is 1.39. The molecule has 4 rings (SSSR count). The number of rotatable bonds is 4.